The van der Waals surface area contributed by atoms with Gasteiger partial charge >= 0.3 is 0 Å². The van der Waals surface area contributed by atoms with E-state index in [0.717, 1.165) is 23.7 Å². The first-order valence-corrected chi connectivity index (χ1v) is 7.38. The SMILES string of the molecule is NC(=O)c1cn(C2C3CC4CC(C3)CC2C4)cc1N. The Balaban J connectivity index is 1.69. The fourth-order valence-corrected chi connectivity index (χ4v) is 5.25. The van der Waals surface area contributed by atoms with Gasteiger partial charge in [-0.1, -0.05) is 0 Å². The van der Waals surface area contributed by atoms with Crippen LogP contribution in [0.5, 0.6) is 0 Å². The molecule has 4 N–H and O–H groups in total. The molecule has 19 heavy (non-hydrogen) atoms. The third-order valence-electron chi connectivity index (χ3n) is 5.66. The predicted molar refractivity (Wildman–Crippen MR) is 73.4 cm³/mol. The minimum absolute atomic E-state index is 0.417. The summed E-state index contributed by atoms with van der Waals surface area (Å²) in [6.07, 6.45) is 10.7. The molecule has 0 aromatic carbocycles. The van der Waals surface area contributed by atoms with Crippen molar-refractivity contribution < 1.29 is 4.79 Å². The molecule has 1 aromatic heterocycles. The summed E-state index contributed by atoms with van der Waals surface area (Å²) in [5, 5.41) is 0. The highest BCUT2D eigenvalue weighted by Crippen LogP contribution is 2.58. The second-order valence-electron chi connectivity index (χ2n) is 6.86. The molecule has 0 atom stereocenters. The average Bonchev–Trinajstić information content (AvgIpc) is 2.69. The van der Waals surface area contributed by atoms with Crippen LogP contribution in [0.25, 0.3) is 0 Å². The number of nitrogens with zero attached hydrogens (tertiary/aromatic N) is 1. The molecule has 1 aromatic rings. The smallest absolute Gasteiger partial charge is 0.252 e. The molecule has 4 heteroatoms. The molecule has 1 heterocycles. The summed E-state index contributed by atoms with van der Waals surface area (Å²) in [5.74, 6) is 3.07. The molecular formula is C15H21N3O. The molecule has 4 saturated carbocycles. The Morgan fingerprint density at radius 3 is 2.11 bits per heavy atom. The summed E-state index contributed by atoms with van der Waals surface area (Å²) in [6, 6.07) is 0.545. The van der Waals surface area contributed by atoms with Crippen molar-refractivity contribution >= 4 is 11.6 Å². The number of aromatic nitrogens is 1. The quantitative estimate of drug-likeness (QED) is 0.854. The fourth-order valence-electron chi connectivity index (χ4n) is 5.25. The number of anilines is 1. The van der Waals surface area contributed by atoms with Gasteiger partial charge < -0.3 is 16.0 Å². The molecule has 0 saturated heterocycles. The normalized spacial score (nSPS) is 39.7. The molecule has 0 unspecified atom stereocenters. The van der Waals surface area contributed by atoms with Crippen LogP contribution in [0.2, 0.25) is 0 Å². The zero-order chi connectivity index (χ0) is 13.1. The van der Waals surface area contributed by atoms with Gasteiger partial charge in [0.2, 0.25) is 0 Å². The molecule has 4 fully saturated rings. The number of amides is 1. The van der Waals surface area contributed by atoms with E-state index in [1.54, 1.807) is 0 Å². The molecule has 4 aliphatic rings. The van der Waals surface area contributed by atoms with Crippen LogP contribution in [0, 0.1) is 23.7 Å². The fraction of sp³-hybridized carbons (Fsp3) is 0.667. The van der Waals surface area contributed by atoms with E-state index in [4.69, 9.17) is 11.5 Å². The lowest BCUT2D eigenvalue weighted by Crippen LogP contribution is -2.45. The van der Waals surface area contributed by atoms with E-state index in [9.17, 15) is 4.79 Å². The molecule has 102 valence electrons. The lowest BCUT2D eigenvalue weighted by atomic mass is 9.54. The first-order valence-electron chi connectivity index (χ1n) is 7.38. The van der Waals surface area contributed by atoms with Gasteiger partial charge in [-0.2, -0.15) is 0 Å². The van der Waals surface area contributed by atoms with Gasteiger partial charge in [0.25, 0.3) is 5.91 Å². The van der Waals surface area contributed by atoms with Crippen LogP contribution in [0.15, 0.2) is 12.4 Å². The van der Waals surface area contributed by atoms with Crippen LogP contribution in [-0.4, -0.2) is 10.5 Å². The van der Waals surface area contributed by atoms with E-state index >= 15 is 0 Å². The molecule has 4 aliphatic carbocycles. The Labute approximate surface area is 113 Å². The van der Waals surface area contributed by atoms with Gasteiger partial charge in [-0.3, -0.25) is 4.79 Å². The van der Waals surface area contributed by atoms with Crippen LogP contribution in [-0.2, 0) is 0 Å². The van der Waals surface area contributed by atoms with Crippen molar-refractivity contribution in [2.75, 3.05) is 5.73 Å². The second kappa shape index (κ2) is 3.78. The average molecular weight is 259 g/mol. The van der Waals surface area contributed by atoms with Gasteiger partial charge in [0.05, 0.1) is 11.3 Å². The second-order valence-corrected chi connectivity index (χ2v) is 6.86. The Morgan fingerprint density at radius 1 is 1.05 bits per heavy atom. The first kappa shape index (κ1) is 11.4. The molecule has 1 amide bonds. The van der Waals surface area contributed by atoms with Crippen molar-refractivity contribution in [1.82, 2.24) is 4.57 Å². The lowest BCUT2D eigenvalue weighted by Gasteiger charge is -2.54. The van der Waals surface area contributed by atoms with E-state index in [1.807, 2.05) is 12.4 Å². The van der Waals surface area contributed by atoms with Crippen molar-refractivity contribution in [3.63, 3.8) is 0 Å². The number of carbonyl (C=O) groups is 1. The van der Waals surface area contributed by atoms with Crippen molar-refractivity contribution in [1.29, 1.82) is 0 Å². The molecule has 0 spiro atoms. The zero-order valence-corrected chi connectivity index (χ0v) is 11.1. The van der Waals surface area contributed by atoms with Gasteiger partial charge in [0, 0.05) is 18.4 Å². The monoisotopic (exact) mass is 259 g/mol. The molecule has 5 rings (SSSR count). The molecule has 4 bridgehead atoms. The van der Waals surface area contributed by atoms with Crippen molar-refractivity contribution in [3.05, 3.63) is 18.0 Å². The number of carbonyl (C=O) groups excluding carboxylic acids is 1. The summed E-state index contributed by atoms with van der Waals surface area (Å²) in [6.45, 7) is 0. The van der Waals surface area contributed by atoms with E-state index in [1.165, 1.54) is 32.1 Å². The van der Waals surface area contributed by atoms with Crippen LogP contribution >= 0.6 is 0 Å². The van der Waals surface area contributed by atoms with E-state index in [2.05, 4.69) is 4.57 Å². The van der Waals surface area contributed by atoms with Crippen molar-refractivity contribution in [3.8, 4) is 0 Å². The summed E-state index contributed by atoms with van der Waals surface area (Å²) in [5.41, 5.74) is 12.3. The number of primary amides is 1. The maximum absolute atomic E-state index is 11.4. The highest BCUT2D eigenvalue weighted by atomic mass is 16.1. The molecule has 4 nitrogen and oxygen atoms in total. The van der Waals surface area contributed by atoms with Crippen molar-refractivity contribution in [2.45, 2.75) is 38.1 Å². The Kier molecular flexibility index (Phi) is 2.26. The number of hydrogen-bond donors (Lipinski definition) is 2. The number of nitrogen functional groups attached to an aromatic ring is 1. The Bertz CT molecular complexity index is 505. The minimum Gasteiger partial charge on any atom is -0.397 e. The predicted octanol–water partition coefficient (Wildman–Crippen LogP) is 2.17. The van der Waals surface area contributed by atoms with Crippen molar-refractivity contribution in [2.24, 2.45) is 29.4 Å². The summed E-state index contributed by atoms with van der Waals surface area (Å²) < 4.78 is 2.20. The number of rotatable bonds is 2. The van der Waals surface area contributed by atoms with Crippen LogP contribution in [0.1, 0.15) is 48.5 Å². The van der Waals surface area contributed by atoms with Gasteiger partial charge in [-0.05, 0) is 55.8 Å². The summed E-state index contributed by atoms with van der Waals surface area (Å²) in [4.78, 5) is 11.4. The molecule has 0 radical (unpaired) electrons. The summed E-state index contributed by atoms with van der Waals surface area (Å²) >= 11 is 0. The Morgan fingerprint density at radius 2 is 1.63 bits per heavy atom. The Hall–Kier alpha value is -1.45. The highest BCUT2D eigenvalue weighted by Gasteiger charge is 2.48. The number of hydrogen-bond acceptors (Lipinski definition) is 2. The third kappa shape index (κ3) is 1.62. The van der Waals surface area contributed by atoms with Gasteiger partial charge in [0.1, 0.15) is 0 Å². The number of nitrogens with two attached hydrogens (primary N) is 2. The third-order valence-corrected chi connectivity index (χ3v) is 5.66. The highest BCUT2D eigenvalue weighted by molar-refractivity contribution is 5.97. The van der Waals surface area contributed by atoms with E-state index in [-0.39, 0.29) is 0 Å². The van der Waals surface area contributed by atoms with Gasteiger partial charge in [0.15, 0.2) is 0 Å². The largest absolute Gasteiger partial charge is 0.397 e. The minimum atomic E-state index is -0.417. The van der Waals surface area contributed by atoms with E-state index in [0.29, 0.717) is 17.3 Å². The zero-order valence-electron chi connectivity index (χ0n) is 11.1. The van der Waals surface area contributed by atoms with Crippen LogP contribution < -0.4 is 11.5 Å². The standard InChI is InChI=1S/C15H21N3O/c16-13-7-18(6-12(13)15(17)19)14-10-2-8-1-9(4-10)5-11(14)3-8/h6-11,14H,1-5,16H2,(H2,17,19). The summed E-state index contributed by atoms with van der Waals surface area (Å²) in [7, 11) is 0. The maximum Gasteiger partial charge on any atom is 0.252 e. The first-order chi connectivity index (χ1) is 9.11. The molecular weight excluding hydrogens is 238 g/mol. The molecule has 0 aliphatic heterocycles. The topological polar surface area (TPSA) is 74.0 Å². The lowest BCUT2D eigenvalue weighted by molar-refractivity contribution is -0.0289. The van der Waals surface area contributed by atoms with Crippen LogP contribution in [0.4, 0.5) is 5.69 Å². The van der Waals surface area contributed by atoms with Gasteiger partial charge in [-0.25, -0.2) is 0 Å². The van der Waals surface area contributed by atoms with E-state index < -0.39 is 5.91 Å². The maximum atomic E-state index is 11.4. The van der Waals surface area contributed by atoms with Crippen LogP contribution in [0.3, 0.4) is 0 Å². The van der Waals surface area contributed by atoms with Gasteiger partial charge in [-0.15, -0.1) is 0 Å².